The third-order valence-corrected chi connectivity index (χ3v) is 15.7. The summed E-state index contributed by atoms with van der Waals surface area (Å²) in [7, 11) is 0. The first kappa shape index (κ1) is 42.0. The molecule has 0 N–H and O–H groups in total. The van der Waals surface area contributed by atoms with Crippen LogP contribution in [0.3, 0.4) is 0 Å². The molecule has 1 aliphatic carbocycles. The SMILES string of the molecule is c1ccc(N2c3ccccc3C3(c4ccccc4-c4ccc(N(c5cccc(-c6ccc7oc8ccccc8c7c6)c5)c5ccccc5-c5ccccc5-c5cccc6ccccc56)cc43)c3ccccc32)cc1. The Balaban J connectivity index is 0.987. The predicted molar refractivity (Wildman–Crippen MR) is 308 cm³/mol. The van der Waals surface area contributed by atoms with Crippen LogP contribution in [-0.4, -0.2) is 0 Å². The maximum Gasteiger partial charge on any atom is 0.135 e. The van der Waals surface area contributed by atoms with Crippen LogP contribution in [0.1, 0.15) is 22.3 Å². The molecule has 0 atom stereocenters. The van der Waals surface area contributed by atoms with Gasteiger partial charge in [-0.15, -0.1) is 0 Å². The van der Waals surface area contributed by atoms with Gasteiger partial charge in [-0.3, -0.25) is 0 Å². The minimum absolute atomic E-state index is 0.628. The topological polar surface area (TPSA) is 19.6 Å². The van der Waals surface area contributed by atoms with Crippen molar-refractivity contribution in [2.24, 2.45) is 0 Å². The van der Waals surface area contributed by atoms with Gasteiger partial charge in [-0.25, -0.2) is 0 Å². The van der Waals surface area contributed by atoms with Crippen LogP contribution in [0.5, 0.6) is 0 Å². The largest absolute Gasteiger partial charge is 0.456 e. The Kier molecular flexibility index (Phi) is 9.48. The lowest BCUT2D eigenvalue weighted by Crippen LogP contribution is -2.36. The van der Waals surface area contributed by atoms with E-state index >= 15 is 0 Å². The first-order valence-corrected chi connectivity index (χ1v) is 25.5. The van der Waals surface area contributed by atoms with Crippen molar-refractivity contribution in [3.63, 3.8) is 0 Å². The zero-order valence-electron chi connectivity index (χ0n) is 40.4. The van der Waals surface area contributed by atoms with Gasteiger partial charge in [-0.2, -0.15) is 0 Å². The minimum Gasteiger partial charge on any atom is -0.456 e. The number of rotatable bonds is 7. The number of fused-ring (bicyclic) bond motifs is 13. The average Bonchev–Trinajstić information content (AvgIpc) is 4.06. The molecular weight excluding hydrogens is 897 g/mol. The highest BCUT2D eigenvalue weighted by molar-refractivity contribution is 6.07. The third kappa shape index (κ3) is 6.27. The van der Waals surface area contributed by atoms with Crippen LogP contribution in [0.2, 0.25) is 0 Å². The molecule has 13 aromatic rings. The molecule has 1 spiro atoms. The second-order valence-electron chi connectivity index (χ2n) is 19.5. The van der Waals surface area contributed by atoms with Crippen LogP contribution in [0.15, 0.2) is 283 Å². The van der Waals surface area contributed by atoms with E-state index in [9.17, 15) is 0 Å². The molecular formula is C71H46N2O. The van der Waals surface area contributed by atoms with Crippen molar-refractivity contribution in [1.29, 1.82) is 0 Å². The van der Waals surface area contributed by atoms with Gasteiger partial charge >= 0.3 is 0 Å². The summed E-state index contributed by atoms with van der Waals surface area (Å²) in [6.07, 6.45) is 0. The van der Waals surface area contributed by atoms with Crippen molar-refractivity contribution >= 4 is 66.8 Å². The Morgan fingerprint density at radius 2 is 0.865 bits per heavy atom. The molecule has 1 aliphatic heterocycles. The van der Waals surface area contributed by atoms with Gasteiger partial charge in [0.2, 0.25) is 0 Å². The average molecular weight is 943 g/mol. The second-order valence-corrected chi connectivity index (χ2v) is 19.5. The molecule has 2 heterocycles. The van der Waals surface area contributed by atoms with Crippen molar-refractivity contribution in [2.75, 3.05) is 9.80 Å². The van der Waals surface area contributed by atoms with Gasteiger partial charge in [0.25, 0.3) is 0 Å². The summed E-state index contributed by atoms with van der Waals surface area (Å²) in [5.74, 6) is 0. The maximum absolute atomic E-state index is 6.31. The van der Waals surface area contributed by atoms with E-state index in [0.29, 0.717) is 0 Å². The number of nitrogens with zero attached hydrogens (tertiary/aromatic N) is 2. The first-order chi connectivity index (χ1) is 36.7. The van der Waals surface area contributed by atoms with E-state index < -0.39 is 5.41 Å². The summed E-state index contributed by atoms with van der Waals surface area (Å²) in [5.41, 5.74) is 22.3. The van der Waals surface area contributed by atoms with Crippen LogP contribution >= 0.6 is 0 Å². The van der Waals surface area contributed by atoms with Gasteiger partial charge in [0.15, 0.2) is 0 Å². The standard InChI is InChI=1S/C71H46N2O/c1-2-23-50(24-3-1)73-67-37-15-12-34-63(67)71(64-35-13-16-38-68(64)73)62-33-11-8-29-57(62)58-42-41-52(46-65(58)71)72(51-25-18-22-48(44-51)49-40-43-70-61(45-49)60-31-10-17-39-69(60)74-70)66-36-14-9-30-59(66)56-28-7-6-27-55(56)54-32-19-21-47-20-4-5-26-53(47)54/h1-46H. The van der Waals surface area contributed by atoms with Gasteiger partial charge in [0.1, 0.15) is 11.2 Å². The Hall–Kier alpha value is -9.70. The van der Waals surface area contributed by atoms with Crippen molar-refractivity contribution in [3.8, 4) is 44.5 Å². The summed E-state index contributed by atoms with van der Waals surface area (Å²) in [6.45, 7) is 0. The molecule has 15 rings (SSSR count). The lowest BCUT2D eigenvalue weighted by molar-refractivity contribution is 0.669. The van der Waals surface area contributed by atoms with Crippen LogP contribution in [0.4, 0.5) is 34.1 Å². The molecule has 0 saturated heterocycles. The number of hydrogen-bond donors (Lipinski definition) is 0. The van der Waals surface area contributed by atoms with E-state index in [4.69, 9.17) is 4.42 Å². The number of benzene rings is 12. The molecule has 0 bridgehead atoms. The molecule has 0 radical (unpaired) electrons. The van der Waals surface area contributed by atoms with Gasteiger partial charge in [-0.05, 0) is 145 Å². The summed E-state index contributed by atoms with van der Waals surface area (Å²) >= 11 is 0. The molecule has 0 saturated carbocycles. The van der Waals surface area contributed by atoms with Crippen LogP contribution in [0.25, 0.3) is 77.2 Å². The molecule has 0 amide bonds. The monoisotopic (exact) mass is 942 g/mol. The lowest BCUT2D eigenvalue weighted by Gasteiger charge is -2.45. The molecule has 1 aromatic heterocycles. The molecule has 346 valence electrons. The number of anilines is 6. The van der Waals surface area contributed by atoms with Gasteiger partial charge in [0.05, 0.1) is 22.5 Å². The normalized spacial score (nSPS) is 12.9. The van der Waals surface area contributed by atoms with E-state index in [1.54, 1.807) is 0 Å². The summed E-state index contributed by atoms with van der Waals surface area (Å²) in [5, 5.41) is 4.68. The molecule has 0 unspecified atom stereocenters. The first-order valence-electron chi connectivity index (χ1n) is 25.5. The lowest BCUT2D eigenvalue weighted by atomic mass is 9.64. The molecule has 3 heteroatoms. The number of para-hydroxylation sites is 5. The Bertz CT molecular complexity index is 4300. The fourth-order valence-corrected chi connectivity index (χ4v) is 12.6. The molecule has 12 aromatic carbocycles. The highest BCUT2D eigenvalue weighted by Crippen LogP contribution is 2.64. The molecule has 3 nitrogen and oxygen atoms in total. The quantitative estimate of drug-likeness (QED) is 0.159. The van der Waals surface area contributed by atoms with Gasteiger partial charge in [-0.1, -0.05) is 206 Å². The number of furan rings is 1. The highest BCUT2D eigenvalue weighted by Gasteiger charge is 2.52. The van der Waals surface area contributed by atoms with E-state index in [2.05, 4.69) is 277 Å². The van der Waals surface area contributed by atoms with Crippen LogP contribution < -0.4 is 9.80 Å². The molecule has 2 aliphatic rings. The van der Waals surface area contributed by atoms with Crippen molar-refractivity contribution in [3.05, 3.63) is 301 Å². The van der Waals surface area contributed by atoms with E-state index in [0.717, 1.165) is 61.4 Å². The predicted octanol–water partition coefficient (Wildman–Crippen LogP) is 19.4. The maximum atomic E-state index is 6.31. The van der Waals surface area contributed by atoms with Crippen molar-refractivity contribution in [2.45, 2.75) is 5.41 Å². The Morgan fingerprint density at radius 1 is 0.311 bits per heavy atom. The summed E-state index contributed by atoms with van der Waals surface area (Å²) in [4.78, 5) is 4.95. The fourth-order valence-electron chi connectivity index (χ4n) is 12.6. The minimum atomic E-state index is -0.628. The van der Waals surface area contributed by atoms with E-state index in [1.807, 2.05) is 12.1 Å². The van der Waals surface area contributed by atoms with Gasteiger partial charge in [0, 0.05) is 33.4 Å². The zero-order valence-corrected chi connectivity index (χ0v) is 40.4. The third-order valence-electron chi connectivity index (χ3n) is 15.7. The molecule has 74 heavy (non-hydrogen) atoms. The van der Waals surface area contributed by atoms with Gasteiger partial charge < -0.3 is 14.2 Å². The van der Waals surface area contributed by atoms with Crippen LogP contribution in [0, 0.1) is 0 Å². The highest BCUT2D eigenvalue weighted by atomic mass is 16.3. The summed E-state index contributed by atoms with van der Waals surface area (Å²) < 4.78 is 6.31. The van der Waals surface area contributed by atoms with E-state index in [-0.39, 0.29) is 0 Å². The van der Waals surface area contributed by atoms with E-state index in [1.165, 1.54) is 72.2 Å². The Morgan fingerprint density at radius 3 is 1.68 bits per heavy atom. The fraction of sp³-hybridized carbons (Fsp3) is 0.0141. The summed E-state index contributed by atoms with van der Waals surface area (Å²) in [6, 6.07) is 102. The smallest absolute Gasteiger partial charge is 0.135 e. The molecule has 0 fully saturated rings. The van der Waals surface area contributed by atoms with Crippen LogP contribution in [-0.2, 0) is 5.41 Å². The Labute approximate surface area is 430 Å². The van der Waals surface area contributed by atoms with Crippen molar-refractivity contribution < 1.29 is 4.42 Å². The van der Waals surface area contributed by atoms with Crippen molar-refractivity contribution in [1.82, 2.24) is 0 Å². The zero-order chi connectivity index (χ0) is 48.7. The number of hydrogen-bond acceptors (Lipinski definition) is 3. The second kappa shape index (κ2) is 16.7.